The average Bonchev–Trinajstić information content (AvgIpc) is 3.11. The second-order valence-corrected chi connectivity index (χ2v) is 9.27. The standard InChI is InChI=1S/C22H22F7NO3/c23-20(21(24,25)26,22(27,28)29)12-2-4-14-10(7-12)1-3-16-15(14)5-6-17(16)18(31)30-13-8-11(9-13)19(32)33/h2,4,7,11,13,15-17H,1,3,5-6,8-9H2,(H,30,31)(H,32,33)/t11?,13?,15?,16-,17-/m1/s1. The van der Waals surface area contributed by atoms with Crippen LogP contribution in [-0.2, 0) is 21.7 Å². The van der Waals surface area contributed by atoms with Crippen LogP contribution in [0.15, 0.2) is 18.2 Å². The second kappa shape index (κ2) is 7.87. The molecule has 0 aromatic heterocycles. The highest BCUT2D eigenvalue weighted by molar-refractivity contribution is 5.80. The largest absolute Gasteiger partial charge is 0.481 e. The molecule has 33 heavy (non-hydrogen) atoms. The van der Waals surface area contributed by atoms with E-state index in [1.165, 1.54) is 0 Å². The molecular formula is C22H22F7NO3. The summed E-state index contributed by atoms with van der Waals surface area (Å²) in [6.45, 7) is 0. The number of aliphatic carboxylic acids is 1. The zero-order valence-electron chi connectivity index (χ0n) is 17.3. The Morgan fingerprint density at radius 3 is 2.15 bits per heavy atom. The number of halogens is 7. The van der Waals surface area contributed by atoms with Gasteiger partial charge >= 0.3 is 24.0 Å². The predicted octanol–water partition coefficient (Wildman–Crippen LogP) is 5.01. The van der Waals surface area contributed by atoms with E-state index >= 15 is 0 Å². The summed E-state index contributed by atoms with van der Waals surface area (Å²) >= 11 is 0. The summed E-state index contributed by atoms with van der Waals surface area (Å²) in [4.78, 5) is 23.6. The Morgan fingerprint density at radius 1 is 0.939 bits per heavy atom. The van der Waals surface area contributed by atoms with Gasteiger partial charge in [-0.3, -0.25) is 9.59 Å². The van der Waals surface area contributed by atoms with E-state index in [0.29, 0.717) is 49.8 Å². The van der Waals surface area contributed by atoms with Crippen LogP contribution in [0.4, 0.5) is 30.7 Å². The number of fused-ring (bicyclic) bond motifs is 3. The Bertz CT molecular complexity index is 938. The van der Waals surface area contributed by atoms with Crippen LogP contribution in [-0.4, -0.2) is 35.4 Å². The lowest BCUT2D eigenvalue weighted by Gasteiger charge is -2.36. The van der Waals surface area contributed by atoms with Crippen LogP contribution in [0, 0.1) is 17.8 Å². The molecule has 0 aliphatic heterocycles. The van der Waals surface area contributed by atoms with Crippen molar-refractivity contribution in [3.8, 4) is 0 Å². The third-order valence-electron chi connectivity index (χ3n) is 7.46. The fourth-order valence-corrected chi connectivity index (χ4v) is 5.64. The SMILES string of the molecule is O=C(O)C1CC(NC(=O)[C@@H]2CCC3c4ccc(C(F)(C(F)(F)F)C(F)(F)F)cc4CC[C@H]32)C1. The number of carboxylic acid groups (broad SMARTS) is 1. The molecule has 1 amide bonds. The van der Waals surface area contributed by atoms with Gasteiger partial charge in [0, 0.05) is 17.5 Å². The van der Waals surface area contributed by atoms with Crippen molar-refractivity contribution < 1.29 is 45.4 Å². The van der Waals surface area contributed by atoms with Crippen LogP contribution < -0.4 is 5.32 Å². The minimum absolute atomic E-state index is 0.126. The highest BCUT2D eigenvalue weighted by Gasteiger charge is 2.73. The van der Waals surface area contributed by atoms with Crippen molar-refractivity contribution in [2.75, 3.05) is 0 Å². The zero-order valence-corrected chi connectivity index (χ0v) is 17.3. The zero-order chi connectivity index (χ0) is 24.3. The Balaban J connectivity index is 1.51. The Kier molecular flexibility index (Phi) is 5.68. The molecule has 1 unspecified atom stereocenters. The molecule has 0 saturated heterocycles. The van der Waals surface area contributed by atoms with Gasteiger partial charge < -0.3 is 10.4 Å². The van der Waals surface area contributed by atoms with Crippen LogP contribution in [0.1, 0.15) is 54.7 Å². The highest BCUT2D eigenvalue weighted by atomic mass is 19.4. The third-order valence-corrected chi connectivity index (χ3v) is 7.46. The van der Waals surface area contributed by atoms with E-state index < -0.39 is 35.5 Å². The fourth-order valence-electron chi connectivity index (χ4n) is 5.64. The van der Waals surface area contributed by atoms with Crippen molar-refractivity contribution >= 4 is 11.9 Å². The average molecular weight is 481 g/mol. The van der Waals surface area contributed by atoms with Gasteiger partial charge in [-0.25, -0.2) is 4.39 Å². The summed E-state index contributed by atoms with van der Waals surface area (Å²) in [5.41, 5.74) is -6.13. The molecular weight excluding hydrogens is 459 g/mol. The van der Waals surface area contributed by atoms with E-state index in [1.807, 2.05) is 0 Å². The van der Waals surface area contributed by atoms with Gasteiger partial charge in [0.05, 0.1) is 5.92 Å². The topological polar surface area (TPSA) is 66.4 Å². The molecule has 4 nitrogen and oxygen atoms in total. The summed E-state index contributed by atoms with van der Waals surface area (Å²) in [5.74, 6) is -2.28. The predicted molar refractivity (Wildman–Crippen MR) is 101 cm³/mol. The van der Waals surface area contributed by atoms with Crippen LogP contribution in [0.2, 0.25) is 0 Å². The van der Waals surface area contributed by atoms with Crippen molar-refractivity contribution in [2.45, 2.75) is 68.5 Å². The summed E-state index contributed by atoms with van der Waals surface area (Å²) in [6.07, 6.45) is -10.0. The maximum atomic E-state index is 14.4. The number of amides is 1. The van der Waals surface area contributed by atoms with Gasteiger partial charge in [0.1, 0.15) is 0 Å². The molecule has 3 aliphatic carbocycles. The number of carbonyl (C=O) groups is 2. The van der Waals surface area contributed by atoms with Gasteiger partial charge in [0.25, 0.3) is 0 Å². The summed E-state index contributed by atoms with van der Waals surface area (Å²) in [6, 6.07) is 2.14. The first-order valence-corrected chi connectivity index (χ1v) is 10.7. The van der Waals surface area contributed by atoms with Gasteiger partial charge in [0.2, 0.25) is 5.91 Å². The van der Waals surface area contributed by atoms with Gasteiger partial charge in [0.15, 0.2) is 0 Å². The highest BCUT2D eigenvalue weighted by Crippen LogP contribution is 2.55. The Morgan fingerprint density at radius 2 is 1.58 bits per heavy atom. The van der Waals surface area contributed by atoms with Crippen molar-refractivity contribution in [3.05, 3.63) is 34.9 Å². The van der Waals surface area contributed by atoms with Crippen molar-refractivity contribution in [2.24, 2.45) is 17.8 Å². The van der Waals surface area contributed by atoms with E-state index in [1.54, 1.807) is 0 Å². The number of benzene rings is 1. The lowest BCUT2D eigenvalue weighted by atomic mass is 9.73. The minimum atomic E-state index is -6.16. The lowest BCUT2D eigenvalue weighted by molar-refractivity contribution is -0.348. The third kappa shape index (κ3) is 3.86. The molecule has 2 saturated carbocycles. The van der Waals surface area contributed by atoms with E-state index in [4.69, 9.17) is 5.11 Å². The molecule has 11 heteroatoms. The number of hydrogen-bond acceptors (Lipinski definition) is 2. The van der Waals surface area contributed by atoms with Crippen LogP contribution in [0.3, 0.4) is 0 Å². The molecule has 1 aromatic carbocycles. The number of aryl methyl sites for hydroxylation is 1. The number of rotatable bonds is 4. The molecule has 0 bridgehead atoms. The Hall–Kier alpha value is -2.33. The number of carboxylic acids is 1. The smallest absolute Gasteiger partial charge is 0.435 e. The maximum absolute atomic E-state index is 14.4. The first-order chi connectivity index (χ1) is 15.2. The number of alkyl halides is 7. The second-order valence-electron chi connectivity index (χ2n) is 9.27. The van der Waals surface area contributed by atoms with Crippen LogP contribution >= 0.6 is 0 Å². The molecule has 4 rings (SSSR count). The monoisotopic (exact) mass is 481 g/mol. The number of carbonyl (C=O) groups excluding carboxylic acids is 1. The van der Waals surface area contributed by atoms with Gasteiger partial charge in [-0.2, -0.15) is 26.3 Å². The molecule has 182 valence electrons. The first kappa shape index (κ1) is 23.8. The molecule has 2 fully saturated rings. The lowest BCUT2D eigenvalue weighted by Crippen LogP contribution is -2.50. The van der Waals surface area contributed by atoms with Gasteiger partial charge in [-0.05, 0) is 61.5 Å². The summed E-state index contributed by atoms with van der Waals surface area (Å²) in [5, 5.41) is 11.8. The van der Waals surface area contributed by atoms with Crippen molar-refractivity contribution in [1.82, 2.24) is 5.32 Å². The fraction of sp³-hybridized carbons (Fsp3) is 0.636. The first-order valence-electron chi connectivity index (χ1n) is 10.7. The Labute approximate surface area is 184 Å². The summed E-state index contributed by atoms with van der Waals surface area (Å²) in [7, 11) is 0. The molecule has 1 aromatic rings. The quantitative estimate of drug-likeness (QED) is 0.595. The van der Waals surface area contributed by atoms with E-state index in [0.717, 1.165) is 6.07 Å². The van der Waals surface area contributed by atoms with Crippen LogP contribution in [0.5, 0.6) is 0 Å². The van der Waals surface area contributed by atoms with E-state index in [2.05, 4.69) is 5.32 Å². The van der Waals surface area contributed by atoms with Gasteiger partial charge in [-0.15, -0.1) is 0 Å². The molecule has 3 atom stereocenters. The van der Waals surface area contributed by atoms with Crippen molar-refractivity contribution in [3.63, 3.8) is 0 Å². The van der Waals surface area contributed by atoms with E-state index in [9.17, 15) is 40.3 Å². The normalized spacial score (nSPS) is 29.6. The maximum Gasteiger partial charge on any atom is 0.435 e. The number of nitrogens with one attached hydrogen (secondary N) is 1. The van der Waals surface area contributed by atoms with Crippen molar-refractivity contribution in [1.29, 1.82) is 0 Å². The molecule has 0 heterocycles. The molecule has 3 aliphatic rings. The van der Waals surface area contributed by atoms with E-state index in [-0.39, 0.29) is 41.7 Å². The molecule has 2 N–H and O–H groups in total. The van der Waals surface area contributed by atoms with Gasteiger partial charge in [-0.1, -0.05) is 18.2 Å². The summed E-state index contributed by atoms with van der Waals surface area (Å²) < 4.78 is 93.1. The minimum Gasteiger partial charge on any atom is -0.481 e. The number of hydrogen-bond donors (Lipinski definition) is 2. The molecule has 0 radical (unpaired) electrons. The molecule has 0 spiro atoms. The van der Waals surface area contributed by atoms with Crippen LogP contribution in [0.25, 0.3) is 0 Å².